The second kappa shape index (κ2) is 3.58. The van der Waals surface area contributed by atoms with E-state index < -0.39 is 0 Å². The molecule has 1 aromatic heterocycles. The zero-order chi connectivity index (χ0) is 7.40. The monoisotopic (exact) mass is 155 g/mol. The lowest BCUT2D eigenvalue weighted by Gasteiger charge is -1.99. The summed E-state index contributed by atoms with van der Waals surface area (Å²) in [6, 6.07) is 3.70. The van der Waals surface area contributed by atoms with Crippen LogP contribution in [-0.4, -0.2) is 16.3 Å². The molecule has 54 valence electrons. The fourth-order valence-corrected chi connectivity index (χ4v) is 1.29. The van der Waals surface area contributed by atoms with Crippen molar-refractivity contribution in [1.82, 2.24) is 4.98 Å². The van der Waals surface area contributed by atoms with Crippen molar-refractivity contribution in [1.29, 1.82) is 0 Å². The maximum atomic E-state index is 8.80. The number of aliphatic hydroxyl groups excluding tert-OH is 1. The van der Waals surface area contributed by atoms with Gasteiger partial charge in [-0.05, 0) is 12.3 Å². The molecule has 3 heteroatoms. The first-order valence-corrected chi connectivity index (χ1v) is 4.19. The van der Waals surface area contributed by atoms with Crippen LogP contribution in [-0.2, 0) is 6.61 Å². The van der Waals surface area contributed by atoms with Crippen molar-refractivity contribution in [2.24, 2.45) is 0 Å². The second-order valence-electron chi connectivity index (χ2n) is 1.83. The smallest absolute Gasteiger partial charge is 0.101 e. The molecule has 0 radical (unpaired) electrons. The van der Waals surface area contributed by atoms with Crippen molar-refractivity contribution in [3.63, 3.8) is 0 Å². The van der Waals surface area contributed by atoms with Gasteiger partial charge in [0.15, 0.2) is 0 Å². The third kappa shape index (κ3) is 1.49. The number of nitrogens with zero attached hydrogens (tertiary/aromatic N) is 1. The predicted molar refractivity (Wildman–Crippen MR) is 41.9 cm³/mol. The van der Waals surface area contributed by atoms with Crippen LogP contribution in [0.25, 0.3) is 0 Å². The molecule has 0 aromatic carbocycles. The minimum atomic E-state index is 0.0734. The van der Waals surface area contributed by atoms with E-state index in [0.29, 0.717) is 0 Å². The molecule has 2 nitrogen and oxygen atoms in total. The fourth-order valence-electron chi connectivity index (χ4n) is 0.728. The number of aromatic nitrogens is 1. The first-order chi connectivity index (χ1) is 4.88. The molecule has 0 bridgehead atoms. The van der Waals surface area contributed by atoms with Crippen LogP contribution in [0.1, 0.15) is 5.56 Å². The normalized spacial score (nSPS) is 9.80. The third-order valence-electron chi connectivity index (χ3n) is 1.21. The number of thioether (sulfide) groups is 1. The lowest BCUT2D eigenvalue weighted by Crippen LogP contribution is -1.88. The van der Waals surface area contributed by atoms with Crippen molar-refractivity contribution >= 4 is 11.8 Å². The minimum absolute atomic E-state index is 0.0734. The Morgan fingerprint density at radius 3 is 3.00 bits per heavy atom. The summed E-state index contributed by atoms with van der Waals surface area (Å²) in [6.45, 7) is 0.0734. The quantitative estimate of drug-likeness (QED) is 0.653. The highest BCUT2D eigenvalue weighted by atomic mass is 32.2. The molecule has 1 aromatic rings. The first-order valence-electron chi connectivity index (χ1n) is 2.97. The van der Waals surface area contributed by atoms with E-state index in [0.717, 1.165) is 10.6 Å². The molecule has 0 spiro atoms. The molecule has 0 saturated carbocycles. The molecule has 0 atom stereocenters. The van der Waals surface area contributed by atoms with Crippen LogP contribution in [0.2, 0.25) is 0 Å². The van der Waals surface area contributed by atoms with Crippen LogP contribution in [0.15, 0.2) is 23.4 Å². The lowest BCUT2D eigenvalue weighted by atomic mass is 10.3. The van der Waals surface area contributed by atoms with E-state index in [4.69, 9.17) is 5.11 Å². The molecule has 0 saturated heterocycles. The van der Waals surface area contributed by atoms with Gasteiger partial charge in [-0.25, -0.2) is 4.98 Å². The molecule has 0 fully saturated rings. The SMILES string of the molecule is CSc1ncccc1CO. The van der Waals surface area contributed by atoms with E-state index in [9.17, 15) is 0 Å². The van der Waals surface area contributed by atoms with Crippen molar-refractivity contribution in [2.75, 3.05) is 6.26 Å². The summed E-state index contributed by atoms with van der Waals surface area (Å²) in [6.07, 6.45) is 3.67. The summed E-state index contributed by atoms with van der Waals surface area (Å²) < 4.78 is 0. The van der Waals surface area contributed by atoms with Crippen LogP contribution in [0.5, 0.6) is 0 Å². The summed E-state index contributed by atoms with van der Waals surface area (Å²) in [5.74, 6) is 0. The second-order valence-corrected chi connectivity index (χ2v) is 2.62. The highest BCUT2D eigenvalue weighted by molar-refractivity contribution is 7.98. The van der Waals surface area contributed by atoms with Crippen LogP contribution < -0.4 is 0 Å². The van der Waals surface area contributed by atoms with E-state index in [1.54, 1.807) is 18.0 Å². The van der Waals surface area contributed by atoms with Gasteiger partial charge in [-0.1, -0.05) is 6.07 Å². The first kappa shape index (κ1) is 7.57. The van der Waals surface area contributed by atoms with Gasteiger partial charge in [-0.3, -0.25) is 0 Å². The van der Waals surface area contributed by atoms with Gasteiger partial charge in [0.25, 0.3) is 0 Å². The number of hydrogen-bond donors (Lipinski definition) is 1. The summed E-state index contributed by atoms with van der Waals surface area (Å²) in [5.41, 5.74) is 0.898. The van der Waals surface area contributed by atoms with Gasteiger partial charge in [0.2, 0.25) is 0 Å². The molecule has 0 aliphatic carbocycles. The molecule has 0 amide bonds. The maximum Gasteiger partial charge on any atom is 0.101 e. The molecule has 1 heterocycles. The highest BCUT2D eigenvalue weighted by Crippen LogP contribution is 2.15. The van der Waals surface area contributed by atoms with Crippen LogP contribution in [0.4, 0.5) is 0 Å². The van der Waals surface area contributed by atoms with Crippen molar-refractivity contribution in [2.45, 2.75) is 11.6 Å². The summed E-state index contributed by atoms with van der Waals surface area (Å²) >= 11 is 1.55. The van der Waals surface area contributed by atoms with E-state index >= 15 is 0 Å². The molecular formula is C7H9NOS. The van der Waals surface area contributed by atoms with Gasteiger partial charge in [-0.15, -0.1) is 11.8 Å². The number of hydrogen-bond acceptors (Lipinski definition) is 3. The zero-order valence-corrected chi connectivity index (χ0v) is 6.56. The summed E-state index contributed by atoms with van der Waals surface area (Å²) in [4.78, 5) is 4.07. The standard InChI is InChI=1S/C7H9NOS/c1-10-7-6(5-9)3-2-4-8-7/h2-4,9H,5H2,1H3. The van der Waals surface area contributed by atoms with Crippen molar-refractivity contribution in [3.05, 3.63) is 23.9 Å². The summed E-state index contributed by atoms with van der Waals surface area (Å²) in [5, 5.41) is 9.70. The Kier molecular flexibility index (Phi) is 2.71. The number of pyridine rings is 1. The van der Waals surface area contributed by atoms with Gasteiger partial charge >= 0.3 is 0 Å². The van der Waals surface area contributed by atoms with Gasteiger partial charge in [0, 0.05) is 11.8 Å². The maximum absolute atomic E-state index is 8.80. The van der Waals surface area contributed by atoms with Gasteiger partial charge in [0.1, 0.15) is 5.03 Å². The Hall–Kier alpha value is -0.540. The largest absolute Gasteiger partial charge is 0.392 e. The molecule has 0 aliphatic heterocycles. The third-order valence-corrected chi connectivity index (χ3v) is 1.97. The minimum Gasteiger partial charge on any atom is -0.392 e. The molecular weight excluding hydrogens is 146 g/mol. The summed E-state index contributed by atoms with van der Waals surface area (Å²) in [7, 11) is 0. The average molecular weight is 155 g/mol. The Bertz CT molecular complexity index is 192. The average Bonchev–Trinajstić information content (AvgIpc) is 2.04. The number of rotatable bonds is 2. The molecule has 10 heavy (non-hydrogen) atoms. The van der Waals surface area contributed by atoms with Crippen LogP contribution in [0, 0.1) is 0 Å². The van der Waals surface area contributed by atoms with Crippen molar-refractivity contribution < 1.29 is 5.11 Å². The lowest BCUT2D eigenvalue weighted by molar-refractivity contribution is 0.278. The van der Waals surface area contributed by atoms with E-state index in [2.05, 4.69) is 4.98 Å². The topological polar surface area (TPSA) is 33.1 Å². The zero-order valence-electron chi connectivity index (χ0n) is 5.74. The highest BCUT2D eigenvalue weighted by Gasteiger charge is 1.97. The van der Waals surface area contributed by atoms with Crippen LogP contribution in [0.3, 0.4) is 0 Å². The predicted octanol–water partition coefficient (Wildman–Crippen LogP) is 1.30. The van der Waals surface area contributed by atoms with E-state index in [-0.39, 0.29) is 6.61 Å². The van der Waals surface area contributed by atoms with Crippen molar-refractivity contribution in [3.8, 4) is 0 Å². The Morgan fingerprint density at radius 2 is 2.50 bits per heavy atom. The Balaban J connectivity index is 2.96. The van der Waals surface area contributed by atoms with E-state index in [1.807, 2.05) is 18.4 Å². The Labute approximate surface area is 64.3 Å². The fraction of sp³-hybridized carbons (Fsp3) is 0.286. The molecule has 0 unspecified atom stereocenters. The molecule has 1 rings (SSSR count). The van der Waals surface area contributed by atoms with Crippen LogP contribution >= 0.6 is 11.8 Å². The van der Waals surface area contributed by atoms with E-state index in [1.165, 1.54) is 0 Å². The Morgan fingerprint density at radius 1 is 1.70 bits per heavy atom. The number of aliphatic hydroxyl groups is 1. The van der Waals surface area contributed by atoms with Gasteiger partial charge in [-0.2, -0.15) is 0 Å². The van der Waals surface area contributed by atoms with Gasteiger partial charge in [0.05, 0.1) is 6.61 Å². The molecule has 1 N–H and O–H groups in total. The molecule has 0 aliphatic rings. The van der Waals surface area contributed by atoms with Gasteiger partial charge < -0.3 is 5.11 Å².